The largest absolute Gasteiger partial charge is 0.316 e. The van der Waals surface area contributed by atoms with Crippen LogP contribution in [0, 0.1) is 6.92 Å². The van der Waals surface area contributed by atoms with Crippen LogP contribution >= 0.6 is 11.8 Å². The number of hydrogen-bond acceptors (Lipinski definition) is 3. The van der Waals surface area contributed by atoms with Gasteiger partial charge in [0, 0.05) is 17.6 Å². The van der Waals surface area contributed by atoms with Crippen LogP contribution in [0.3, 0.4) is 0 Å². The van der Waals surface area contributed by atoms with Crippen molar-refractivity contribution in [1.82, 2.24) is 10.3 Å². The zero-order valence-electron chi connectivity index (χ0n) is 10.1. The predicted octanol–water partition coefficient (Wildman–Crippen LogP) is 3.26. The molecule has 0 amide bonds. The van der Waals surface area contributed by atoms with Gasteiger partial charge in [-0.2, -0.15) is 0 Å². The molecule has 2 rings (SSSR count). The summed E-state index contributed by atoms with van der Waals surface area (Å²) in [5.74, 6) is 0. The van der Waals surface area contributed by atoms with E-state index in [0.29, 0.717) is 0 Å². The van der Waals surface area contributed by atoms with Gasteiger partial charge >= 0.3 is 0 Å². The SMILES string of the molecule is CNCc1ccc(Sc2ccccc2C)nc1. The van der Waals surface area contributed by atoms with Gasteiger partial charge in [-0.05, 0) is 37.2 Å². The molecule has 1 N–H and O–H groups in total. The van der Waals surface area contributed by atoms with E-state index in [0.717, 1.165) is 11.6 Å². The number of aryl methyl sites for hydroxylation is 1. The molecule has 88 valence electrons. The van der Waals surface area contributed by atoms with Gasteiger partial charge in [-0.15, -0.1) is 0 Å². The van der Waals surface area contributed by atoms with Crippen molar-refractivity contribution in [2.45, 2.75) is 23.4 Å². The Kier molecular flexibility index (Phi) is 4.18. The molecule has 17 heavy (non-hydrogen) atoms. The Hall–Kier alpha value is -1.32. The van der Waals surface area contributed by atoms with Crippen LogP contribution in [0.4, 0.5) is 0 Å². The second-order valence-electron chi connectivity index (χ2n) is 3.90. The van der Waals surface area contributed by atoms with E-state index in [4.69, 9.17) is 0 Å². The number of nitrogens with zero attached hydrogens (tertiary/aromatic N) is 1. The molecule has 0 radical (unpaired) electrons. The predicted molar refractivity (Wildman–Crippen MR) is 72.3 cm³/mol. The van der Waals surface area contributed by atoms with Gasteiger partial charge in [0.1, 0.15) is 5.03 Å². The Morgan fingerprint density at radius 3 is 2.65 bits per heavy atom. The maximum atomic E-state index is 4.46. The molecule has 0 atom stereocenters. The molecule has 0 bridgehead atoms. The van der Waals surface area contributed by atoms with Crippen molar-refractivity contribution in [3.05, 3.63) is 53.7 Å². The van der Waals surface area contributed by atoms with Crippen LogP contribution in [0.5, 0.6) is 0 Å². The molecule has 0 spiro atoms. The quantitative estimate of drug-likeness (QED) is 0.893. The fraction of sp³-hybridized carbons (Fsp3) is 0.214. The van der Waals surface area contributed by atoms with Crippen molar-refractivity contribution in [3.63, 3.8) is 0 Å². The molecule has 1 heterocycles. The summed E-state index contributed by atoms with van der Waals surface area (Å²) >= 11 is 1.71. The third-order valence-electron chi connectivity index (χ3n) is 2.49. The van der Waals surface area contributed by atoms with E-state index in [9.17, 15) is 0 Å². The minimum absolute atomic E-state index is 0.863. The van der Waals surface area contributed by atoms with E-state index in [1.807, 2.05) is 13.2 Å². The Balaban J connectivity index is 2.11. The average molecular weight is 244 g/mol. The van der Waals surface area contributed by atoms with Crippen LogP contribution in [0.15, 0.2) is 52.5 Å². The summed E-state index contributed by atoms with van der Waals surface area (Å²) in [4.78, 5) is 5.72. The smallest absolute Gasteiger partial charge is 0.101 e. The number of aromatic nitrogens is 1. The van der Waals surface area contributed by atoms with Crippen LogP contribution in [0.1, 0.15) is 11.1 Å². The summed E-state index contributed by atoms with van der Waals surface area (Å²) in [6.45, 7) is 2.99. The van der Waals surface area contributed by atoms with Crippen molar-refractivity contribution in [2.24, 2.45) is 0 Å². The first kappa shape index (κ1) is 12.1. The zero-order chi connectivity index (χ0) is 12.1. The van der Waals surface area contributed by atoms with Gasteiger partial charge in [0.25, 0.3) is 0 Å². The Morgan fingerprint density at radius 1 is 1.18 bits per heavy atom. The van der Waals surface area contributed by atoms with Gasteiger partial charge in [-0.1, -0.05) is 36.0 Å². The first-order chi connectivity index (χ1) is 8.29. The third kappa shape index (κ3) is 3.32. The van der Waals surface area contributed by atoms with Crippen LogP contribution in [-0.4, -0.2) is 12.0 Å². The van der Waals surface area contributed by atoms with Gasteiger partial charge < -0.3 is 5.32 Å². The van der Waals surface area contributed by atoms with Crippen molar-refractivity contribution >= 4 is 11.8 Å². The molecule has 1 aromatic heterocycles. The van der Waals surface area contributed by atoms with Crippen LogP contribution in [0.2, 0.25) is 0 Å². The minimum Gasteiger partial charge on any atom is -0.316 e. The van der Waals surface area contributed by atoms with E-state index >= 15 is 0 Å². The molecule has 0 saturated carbocycles. The van der Waals surface area contributed by atoms with E-state index in [2.05, 4.69) is 53.6 Å². The maximum Gasteiger partial charge on any atom is 0.101 e. The van der Waals surface area contributed by atoms with Gasteiger partial charge in [0.15, 0.2) is 0 Å². The lowest BCUT2D eigenvalue weighted by Crippen LogP contribution is -2.05. The Bertz CT molecular complexity index is 480. The maximum absolute atomic E-state index is 4.46. The second-order valence-corrected chi connectivity index (χ2v) is 4.96. The summed E-state index contributed by atoms with van der Waals surface area (Å²) in [5.41, 5.74) is 2.50. The first-order valence-electron chi connectivity index (χ1n) is 5.62. The molecule has 0 aliphatic heterocycles. The highest BCUT2D eigenvalue weighted by molar-refractivity contribution is 7.99. The number of nitrogens with one attached hydrogen (secondary N) is 1. The monoisotopic (exact) mass is 244 g/mol. The number of rotatable bonds is 4. The van der Waals surface area contributed by atoms with E-state index < -0.39 is 0 Å². The van der Waals surface area contributed by atoms with Crippen LogP contribution in [0.25, 0.3) is 0 Å². The summed E-state index contributed by atoms with van der Waals surface area (Å²) < 4.78 is 0. The molecule has 2 aromatic rings. The first-order valence-corrected chi connectivity index (χ1v) is 6.44. The Morgan fingerprint density at radius 2 is 2.00 bits per heavy atom. The van der Waals surface area contributed by atoms with E-state index in [1.54, 1.807) is 11.8 Å². The lowest BCUT2D eigenvalue weighted by molar-refractivity contribution is 0.809. The molecule has 1 aromatic carbocycles. The summed E-state index contributed by atoms with van der Waals surface area (Å²) in [5, 5.41) is 4.16. The highest BCUT2D eigenvalue weighted by atomic mass is 32.2. The highest BCUT2D eigenvalue weighted by Crippen LogP contribution is 2.28. The molecule has 0 unspecified atom stereocenters. The fourth-order valence-corrected chi connectivity index (χ4v) is 2.41. The third-order valence-corrected chi connectivity index (χ3v) is 3.62. The molecule has 3 heteroatoms. The van der Waals surface area contributed by atoms with Crippen molar-refractivity contribution in [1.29, 1.82) is 0 Å². The van der Waals surface area contributed by atoms with Crippen LogP contribution < -0.4 is 5.32 Å². The van der Waals surface area contributed by atoms with Gasteiger partial charge in [-0.25, -0.2) is 4.98 Å². The summed E-state index contributed by atoms with van der Waals surface area (Å²) in [7, 11) is 1.94. The second kappa shape index (κ2) is 5.84. The lowest BCUT2D eigenvalue weighted by atomic mass is 10.2. The molecule has 2 nitrogen and oxygen atoms in total. The van der Waals surface area contributed by atoms with Crippen molar-refractivity contribution < 1.29 is 0 Å². The highest BCUT2D eigenvalue weighted by Gasteiger charge is 2.01. The topological polar surface area (TPSA) is 24.9 Å². The molecular formula is C14H16N2S. The average Bonchev–Trinajstić information content (AvgIpc) is 2.35. The Labute approximate surface area is 106 Å². The molecule has 0 aliphatic rings. The standard InChI is InChI=1S/C14H16N2S/c1-11-5-3-4-6-13(11)17-14-8-7-12(9-15-2)10-16-14/h3-8,10,15H,9H2,1-2H3. The molecule has 0 aliphatic carbocycles. The zero-order valence-corrected chi connectivity index (χ0v) is 10.9. The van der Waals surface area contributed by atoms with Gasteiger partial charge in [0.05, 0.1) is 0 Å². The molecular weight excluding hydrogens is 228 g/mol. The van der Waals surface area contributed by atoms with Crippen LogP contribution in [-0.2, 0) is 6.54 Å². The number of hydrogen-bond donors (Lipinski definition) is 1. The number of benzene rings is 1. The minimum atomic E-state index is 0.863. The van der Waals surface area contributed by atoms with Crippen molar-refractivity contribution in [2.75, 3.05) is 7.05 Å². The van der Waals surface area contributed by atoms with Crippen molar-refractivity contribution in [3.8, 4) is 0 Å². The lowest BCUT2D eigenvalue weighted by Gasteiger charge is -2.05. The van der Waals surface area contributed by atoms with E-state index in [-0.39, 0.29) is 0 Å². The molecule has 0 fully saturated rings. The molecule has 0 saturated heterocycles. The van der Waals surface area contributed by atoms with Gasteiger partial charge in [-0.3, -0.25) is 0 Å². The fourth-order valence-electron chi connectivity index (χ4n) is 1.56. The van der Waals surface area contributed by atoms with E-state index in [1.165, 1.54) is 16.0 Å². The normalized spacial score (nSPS) is 10.5. The number of pyridine rings is 1. The summed E-state index contributed by atoms with van der Waals surface area (Å²) in [6, 6.07) is 12.6. The van der Waals surface area contributed by atoms with Gasteiger partial charge in [0.2, 0.25) is 0 Å². The summed E-state index contributed by atoms with van der Waals surface area (Å²) in [6.07, 6.45) is 1.93.